The Kier molecular flexibility index (Phi) is 5.74. The van der Waals surface area contributed by atoms with Gasteiger partial charge in [-0.05, 0) is 24.3 Å². The largest absolute Gasteiger partial charge is 0.396 e. The van der Waals surface area contributed by atoms with Gasteiger partial charge in [-0.3, -0.25) is 0 Å². The summed E-state index contributed by atoms with van der Waals surface area (Å²) in [6, 6.07) is 10.0. The monoisotopic (exact) mass is 206 g/mol. The minimum Gasteiger partial charge on any atom is -0.396 e. The molecule has 2 nitrogen and oxygen atoms in total. The van der Waals surface area contributed by atoms with Crippen molar-refractivity contribution in [3.05, 3.63) is 42.0 Å². The number of aliphatic hydroxyl groups is 2. The van der Waals surface area contributed by atoms with E-state index in [-0.39, 0.29) is 19.1 Å². The van der Waals surface area contributed by atoms with Gasteiger partial charge in [-0.1, -0.05) is 42.5 Å². The van der Waals surface area contributed by atoms with Crippen LogP contribution in [0.2, 0.25) is 0 Å². The van der Waals surface area contributed by atoms with Crippen molar-refractivity contribution in [2.75, 3.05) is 13.2 Å². The van der Waals surface area contributed by atoms with E-state index in [1.54, 1.807) is 0 Å². The minimum absolute atomic E-state index is 0.170. The smallest absolute Gasteiger partial charge is 0.0436 e. The fourth-order valence-corrected chi connectivity index (χ4v) is 1.48. The van der Waals surface area contributed by atoms with Crippen molar-refractivity contribution in [2.45, 2.75) is 12.8 Å². The van der Waals surface area contributed by atoms with Crippen molar-refractivity contribution in [1.82, 2.24) is 0 Å². The van der Waals surface area contributed by atoms with E-state index in [9.17, 15) is 0 Å². The highest BCUT2D eigenvalue weighted by atomic mass is 16.3. The molecule has 0 fully saturated rings. The highest BCUT2D eigenvalue weighted by molar-refractivity contribution is 5.48. The van der Waals surface area contributed by atoms with Crippen LogP contribution >= 0.6 is 0 Å². The van der Waals surface area contributed by atoms with Crippen LogP contribution < -0.4 is 0 Å². The van der Waals surface area contributed by atoms with Gasteiger partial charge in [0.25, 0.3) is 0 Å². The van der Waals surface area contributed by atoms with Crippen molar-refractivity contribution in [3.8, 4) is 0 Å². The molecule has 0 unspecified atom stereocenters. The molecule has 82 valence electrons. The fourth-order valence-electron chi connectivity index (χ4n) is 1.48. The van der Waals surface area contributed by atoms with Crippen LogP contribution in [0.15, 0.2) is 36.4 Å². The lowest BCUT2D eigenvalue weighted by Crippen LogP contribution is -2.02. The van der Waals surface area contributed by atoms with Gasteiger partial charge in [-0.25, -0.2) is 0 Å². The van der Waals surface area contributed by atoms with E-state index >= 15 is 0 Å². The van der Waals surface area contributed by atoms with E-state index in [1.165, 1.54) is 0 Å². The molecule has 0 aliphatic rings. The van der Waals surface area contributed by atoms with Gasteiger partial charge in [0.05, 0.1) is 0 Å². The van der Waals surface area contributed by atoms with Crippen molar-refractivity contribution in [3.63, 3.8) is 0 Å². The number of allylic oxidation sites excluding steroid dienone is 1. The molecule has 0 saturated heterocycles. The summed E-state index contributed by atoms with van der Waals surface area (Å²) in [6.45, 7) is 0.341. The van der Waals surface area contributed by atoms with Gasteiger partial charge in [-0.15, -0.1) is 0 Å². The summed E-state index contributed by atoms with van der Waals surface area (Å²) in [5.74, 6) is 0.264. The van der Waals surface area contributed by atoms with Crippen molar-refractivity contribution in [2.24, 2.45) is 5.92 Å². The molecule has 0 spiro atoms. The molecule has 0 bridgehead atoms. The molecule has 2 N–H and O–H groups in total. The Labute approximate surface area is 90.9 Å². The lowest BCUT2D eigenvalue weighted by Gasteiger charge is -2.08. The number of hydrogen-bond donors (Lipinski definition) is 2. The average Bonchev–Trinajstić information content (AvgIpc) is 2.28. The molecule has 1 aromatic rings. The van der Waals surface area contributed by atoms with E-state index in [1.807, 2.05) is 36.4 Å². The van der Waals surface area contributed by atoms with Crippen LogP contribution in [0, 0.1) is 5.92 Å². The second-order valence-corrected chi connectivity index (χ2v) is 3.55. The zero-order valence-electron chi connectivity index (χ0n) is 8.84. The first-order valence-electron chi connectivity index (χ1n) is 5.31. The van der Waals surface area contributed by atoms with Gasteiger partial charge >= 0.3 is 0 Å². The number of benzene rings is 1. The fraction of sp³-hybridized carbons (Fsp3) is 0.385. The number of aliphatic hydroxyl groups excluding tert-OH is 2. The maximum atomic E-state index is 8.84. The minimum atomic E-state index is 0.170. The summed E-state index contributed by atoms with van der Waals surface area (Å²) in [4.78, 5) is 0. The Morgan fingerprint density at radius 1 is 1.00 bits per heavy atom. The zero-order valence-corrected chi connectivity index (χ0v) is 8.84. The maximum absolute atomic E-state index is 8.84. The van der Waals surface area contributed by atoms with Gasteiger partial charge in [0.1, 0.15) is 0 Å². The van der Waals surface area contributed by atoms with Crippen molar-refractivity contribution < 1.29 is 10.2 Å². The number of rotatable bonds is 6. The first-order chi connectivity index (χ1) is 7.36. The first kappa shape index (κ1) is 12.0. The second kappa shape index (κ2) is 7.21. The van der Waals surface area contributed by atoms with Gasteiger partial charge in [-0.2, -0.15) is 0 Å². The van der Waals surface area contributed by atoms with Crippen LogP contribution in [-0.4, -0.2) is 23.4 Å². The zero-order chi connectivity index (χ0) is 10.9. The van der Waals surface area contributed by atoms with Gasteiger partial charge in [0, 0.05) is 13.2 Å². The van der Waals surface area contributed by atoms with E-state index < -0.39 is 0 Å². The van der Waals surface area contributed by atoms with E-state index in [4.69, 9.17) is 10.2 Å². The van der Waals surface area contributed by atoms with Crippen molar-refractivity contribution in [1.29, 1.82) is 0 Å². The highest BCUT2D eigenvalue weighted by Crippen LogP contribution is 2.12. The molecular weight excluding hydrogens is 188 g/mol. The lowest BCUT2D eigenvalue weighted by molar-refractivity contribution is 0.234. The quantitative estimate of drug-likeness (QED) is 0.748. The summed E-state index contributed by atoms with van der Waals surface area (Å²) in [7, 11) is 0. The summed E-state index contributed by atoms with van der Waals surface area (Å²) >= 11 is 0. The molecule has 0 aliphatic heterocycles. The molecule has 15 heavy (non-hydrogen) atoms. The topological polar surface area (TPSA) is 40.5 Å². The first-order valence-corrected chi connectivity index (χ1v) is 5.31. The molecule has 0 saturated carbocycles. The van der Waals surface area contributed by atoms with Crippen molar-refractivity contribution >= 4 is 6.08 Å². The lowest BCUT2D eigenvalue weighted by atomic mass is 10.0. The van der Waals surface area contributed by atoms with Crippen LogP contribution in [0.4, 0.5) is 0 Å². The number of hydrogen-bond acceptors (Lipinski definition) is 2. The molecule has 1 rings (SSSR count). The third-order valence-electron chi connectivity index (χ3n) is 2.36. The normalized spacial score (nSPS) is 11.4. The maximum Gasteiger partial charge on any atom is 0.0436 e. The van der Waals surface area contributed by atoms with Crippen LogP contribution in [-0.2, 0) is 0 Å². The Bertz CT molecular complexity index is 274. The van der Waals surface area contributed by atoms with Gasteiger partial charge in [0.2, 0.25) is 0 Å². The molecule has 0 amide bonds. The Balaban J connectivity index is 2.53. The highest BCUT2D eigenvalue weighted by Gasteiger charge is 2.02. The molecule has 1 aromatic carbocycles. The van der Waals surface area contributed by atoms with E-state index in [2.05, 4.69) is 6.08 Å². The predicted octanol–water partition coefficient (Wildman–Crippen LogP) is 2.08. The predicted molar refractivity (Wildman–Crippen MR) is 62.4 cm³/mol. The molecule has 0 aliphatic carbocycles. The van der Waals surface area contributed by atoms with Crippen LogP contribution in [0.5, 0.6) is 0 Å². The van der Waals surface area contributed by atoms with Gasteiger partial charge in [0.15, 0.2) is 0 Å². The van der Waals surface area contributed by atoms with Crippen LogP contribution in [0.25, 0.3) is 6.08 Å². The third-order valence-corrected chi connectivity index (χ3v) is 2.36. The van der Waals surface area contributed by atoms with Gasteiger partial charge < -0.3 is 10.2 Å². The summed E-state index contributed by atoms with van der Waals surface area (Å²) in [5, 5.41) is 17.7. The third kappa shape index (κ3) is 4.77. The Morgan fingerprint density at radius 3 is 2.13 bits per heavy atom. The SMILES string of the molecule is OCCC(/C=C/c1ccccc1)CCO. The molecular formula is C13H18O2. The summed E-state index contributed by atoms with van der Waals surface area (Å²) < 4.78 is 0. The second-order valence-electron chi connectivity index (χ2n) is 3.55. The summed E-state index contributed by atoms with van der Waals surface area (Å²) in [5.41, 5.74) is 1.15. The molecule has 2 heteroatoms. The molecule has 0 radical (unpaired) electrons. The van der Waals surface area contributed by atoms with E-state index in [0.29, 0.717) is 12.8 Å². The average molecular weight is 206 g/mol. The van der Waals surface area contributed by atoms with E-state index in [0.717, 1.165) is 5.56 Å². The Hall–Kier alpha value is -1.12. The molecule has 0 heterocycles. The molecule has 0 aromatic heterocycles. The summed E-state index contributed by atoms with van der Waals surface area (Å²) in [6.07, 6.45) is 5.52. The van der Waals surface area contributed by atoms with Crippen LogP contribution in [0.1, 0.15) is 18.4 Å². The van der Waals surface area contributed by atoms with Crippen LogP contribution in [0.3, 0.4) is 0 Å². The standard InChI is InChI=1S/C13H18O2/c14-10-8-13(9-11-15)7-6-12-4-2-1-3-5-12/h1-7,13-15H,8-11H2/b7-6+. The molecule has 0 atom stereocenters. The Morgan fingerprint density at radius 2 is 1.60 bits per heavy atom.